The SMILES string of the molecule is CCCS(=O)(=O)Nc1ccc(-c2c(C#N)c3ccc(-c4cnccn4)cc3n2C2CCC2)cc1. The van der Waals surface area contributed by atoms with E-state index in [1.165, 1.54) is 0 Å². The number of nitriles is 1. The molecule has 0 bridgehead atoms. The van der Waals surface area contributed by atoms with Gasteiger partial charge in [0, 0.05) is 35.1 Å². The quantitative estimate of drug-likeness (QED) is 0.383. The number of sulfonamides is 1. The Morgan fingerprint density at radius 3 is 2.50 bits per heavy atom. The van der Waals surface area contributed by atoms with Crippen LogP contribution < -0.4 is 4.72 Å². The van der Waals surface area contributed by atoms with Crippen LogP contribution in [0.15, 0.2) is 61.1 Å². The summed E-state index contributed by atoms with van der Waals surface area (Å²) in [6, 6.07) is 16.1. The average Bonchev–Trinajstić information content (AvgIpc) is 3.12. The van der Waals surface area contributed by atoms with Crippen LogP contribution in [-0.4, -0.2) is 28.7 Å². The molecule has 0 atom stereocenters. The first-order valence-electron chi connectivity index (χ1n) is 11.5. The van der Waals surface area contributed by atoms with Crippen LogP contribution in [0.2, 0.25) is 0 Å². The fourth-order valence-electron chi connectivity index (χ4n) is 4.53. The summed E-state index contributed by atoms with van der Waals surface area (Å²) in [7, 11) is -3.36. The van der Waals surface area contributed by atoms with Gasteiger partial charge in [0.2, 0.25) is 10.0 Å². The summed E-state index contributed by atoms with van der Waals surface area (Å²) in [6.45, 7) is 1.83. The summed E-state index contributed by atoms with van der Waals surface area (Å²) in [4.78, 5) is 8.62. The van der Waals surface area contributed by atoms with E-state index in [9.17, 15) is 13.7 Å². The van der Waals surface area contributed by atoms with Crippen LogP contribution in [0, 0.1) is 11.3 Å². The summed E-state index contributed by atoms with van der Waals surface area (Å²) >= 11 is 0. The Labute approximate surface area is 199 Å². The normalized spacial score (nSPS) is 14.0. The van der Waals surface area contributed by atoms with Crippen molar-refractivity contribution in [1.29, 1.82) is 5.26 Å². The number of rotatable bonds is 7. The number of hydrogen-bond donors (Lipinski definition) is 1. The molecule has 0 spiro atoms. The maximum atomic E-state index is 12.1. The monoisotopic (exact) mass is 471 g/mol. The lowest BCUT2D eigenvalue weighted by atomic mass is 9.92. The summed E-state index contributed by atoms with van der Waals surface area (Å²) in [5.41, 5.74) is 5.66. The molecule has 4 aromatic rings. The van der Waals surface area contributed by atoms with Crippen LogP contribution in [0.25, 0.3) is 33.4 Å². The van der Waals surface area contributed by atoms with Crippen molar-refractivity contribution >= 4 is 26.6 Å². The third kappa shape index (κ3) is 4.03. The van der Waals surface area contributed by atoms with Crippen molar-refractivity contribution in [3.63, 3.8) is 0 Å². The Kier molecular flexibility index (Phi) is 5.80. The molecule has 0 amide bonds. The number of nitrogens with one attached hydrogen (secondary N) is 1. The Balaban J connectivity index is 1.64. The number of nitrogens with zero attached hydrogens (tertiary/aromatic N) is 4. The Hall–Kier alpha value is -3.70. The van der Waals surface area contributed by atoms with Gasteiger partial charge in [-0.1, -0.05) is 31.2 Å². The number of hydrogen-bond acceptors (Lipinski definition) is 5. The third-order valence-electron chi connectivity index (χ3n) is 6.32. The number of benzene rings is 2. The van der Waals surface area contributed by atoms with E-state index in [1.807, 2.05) is 31.2 Å². The Bertz CT molecular complexity index is 1480. The molecule has 8 heteroatoms. The number of anilines is 1. The van der Waals surface area contributed by atoms with E-state index in [1.54, 1.807) is 30.7 Å². The molecule has 172 valence electrons. The molecule has 0 aliphatic heterocycles. The fraction of sp³-hybridized carbons (Fsp3) is 0.269. The van der Waals surface area contributed by atoms with Crippen LogP contribution in [0.3, 0.4) is 0 Å². The first kappa shape index (κ1) is 22.1. The second-order valence-electron chi connectivity index (χ2n) is 8.61. The molecular weight excluding hydrogens is 446 g/mol. The molecule has 0 saturated heterocycles. The average molecular weight is 472 g/mol. The van der Waals surface area contributed by atoms with Crippen LogP contribution in [0.5, 0.6) is 0 Å². The van der Waals surface area contributed by atoms with Gasteiger partial charge < -0.3 is 4.57 Å². The van der Waals surface area contributed by atoms with E-state index in [2.05, 4.69) is 31.4 Å². The highest BCUT2D eigenvalue weighted by molar-refractivity contribution is 7.92. The predicted molar refractivity (Wildman–Crippen MR) is 134 cm³/mol. The van der Waals surface area contributed by atoms with Gasteiger partial charge in [0.1, 0.15) is 6.07 Å². The molecule has 2 heterocycles. The van der Waals surface area contributed by atoms with Gasteiger partial charge in [0.15, 0.2) is 0 Å². The van der Waals surface area contributed by atoms with Crippen LogP contribution in [0.4, 0.5) is 5.69 Å². The van der Waals surface area contributed by atoms with Crippen molar-refractivity contribution in [3.8, 4) is 28.6 Å². The zero-order valence-corrected chi connectivity index (χ0v) is 19.7. The van der Waals surface area contributed by atoms with E-state index in [0.29, 0.717) is 23.7 Å². The topological polar surface area (TPSA) is 101 Å². The lowest BCUT2D eigenvalue weighted by molar-refractivity contribution is 0.324. The van der Waals surface area contributed by atoms with Gasteiger partial charge in [-0.2, -0.15) is 5.26 Å². The van der Waals surface area contributed by atoms with Gasteiger partial charge in [-0.25, -0.2) is 8.42 Å². The standard InChI is InChI=1S/C26H25N5O2S/c1-2-14-34(32,33)30-20-9-6-18(7-10-20)26-23(16-27)22-11-8-19(24-17-28-12-13-29-24)15-25(22)31(26)21-4-3-5-21/h6-13,15,17,21,30H,2-5,14H2,1H3. The molecule has 1 N–H and O–H groups in total. The minimum Gasteiger partial charge on any atom is -0.336 e. The van der Waals surface area contributed by atoms with Gasteiger partial charge in [-0.3, -0.25) is 14.7 Å². The molecule has 5 rings (SSSR count). The van der Waals surface area contributed by atoms with Crippen molar-refractivity contribution in [2.75, 3.05) is 10.5 Å². The summed E-state index contributed by atoms with van der Waals surface area (Å²) in [5, 5.41) is 11.0. The lowest BCUT2D eigenvalue weighted by Crippen LogP contribution is -2.18. The van der Waals surface area contributed by atoms with Crippen molar-refractivity contribution in [2.24, 2.45) is 0 Å². The molecule has 2 aromatic carbocycles. The first-order valence-corrected chi connectivity index (χ1v) is 13.1. The van der Waals surface area contributed by atoms with Gasteiger partial charge in [-0.15, -0.1) is 0 Å². The fourth-order valence-corrected chi connectivity index (χ4v) is 5.67. The molecule has 1 saturated carbocycles. The maximum absolute atomic E-state index is 12.1. The van der Waals surface area contributed by atoms with Crippen molar-refractivity contribution in [2.45, 2.75) is 38.6 Å². The highest BCUT2D eigenvalue weighted by atomic mass is 32.2. The van der Waals surface area contributed by atoms with Gasteiger partial charge in [0.05, 0.1) is 34.4 Å². The van der Waals surface area contributed by atoms with Crippen LogP contribution in [0.1, 0.15) is 44.2 Å². The van der Waals surface area contributed by atoms with Gasteiger partial charge >= 0.3 is 0 Å². The molecular formula is C26H25N5O2S. The van der Waals surface area contributed by atoms with Crippen molar-refractivity contribution < 1.29 is 8.42 Å². The van der Waals surface area contributed by atoms with Crippen molar-refractivity contribution in [3.05, 3.63) is 66.6 Å². The van der Waals surface area contributed by atoms with E-state index < -0.39 is 10.0 Å². The molecule has 2 aromatic heterocycles. The van der Waals surface area contributed by atoms with E-state index in [0.717, 1.165) is 52.7 Å². The second kappa shape index (κ2) is 8.92. The molecule has 0 unspecified atom stereocenters. The highest BCUT2D eigenvalue weighted by Gasteiger charge is 2.28. The predicted octanol–water partition coefficient (Wildman–Crippen LogP) is 5.51. The van der Waals surface area contributed by atoms with E-state index in [-0.39, 0.29) is 5.75 Å². The summed E-state index contributed by atoms with van der Waals surface area (Å²) in [5.74, 6) is 0.0807. The molecule has 1 aliphatic rings. The zero-order chi connectivity index (χ0) is 23.7. The summed E-state index contributed by atoms with van der Waals surface area (Å²) in [6.07, 6.45) is 8.90. The molecule has 0 radical (unpaired) electrons. The maximum Gasteiger partial charge on any atom is 0.232 e. The highest BCUT2D eigenvalue weighted by Crippen LogP contribution is 2.43. The van der Waals surface area contributed by atoms with Crippen molar-refractivity contribution in [1.82, 2.24) is 14.5 Å². The molecule has 34 heavy (non-hydrogen) atoms. The zero-order valence-electron chi connectivity index (χ0n) is 18.9. The molecule has 7 nitrogen and oxygen atoms in total. The Morgan fingerprint density at radius 2 is 1.88 bits per heavy atom. The van der Waals surface area contributed by atoms with Crippen LogP contribution >= 0.6 is 0 Å². The Morgan fingerprint density at radius 1 is 1.12 bits per heavy atom. The molecule has 1 aliphatic carbocycles. The van der Waals surface area contributed by atoms with E-state index >= 15 is 0 Å². The van der Waals surface area contributed by atoms with Gasteiger partial charge in [-0.05, 0) is 49.4 Å². The minimum absolute atomic E-state index is 0.0807. The largest absolute Gasteiger partial charge is 0.336 e. The van der Waals surface area contributed by atoms with Gasteiger partial charge in [0.25, 0.3) is 0 Å². The molecule has 1 fully saturated rings. The lowest BCUT2D eigenvalue weighted by Gasteiger charge is -2.30. The second-order valence-corrected chi connectivity index (χ2v) is 10.5. The van der Waals surface area contributed by atoms with E-state index in [4.69, 9.17) is 0 Å². The van der Waals surface area contributed by atoms with Crippen LogP contribution in [-0.2, 0) is 10.0 Å². The number of aromatic nitrogens is 3. The summed E-state index contributed by atoms with van der Waals surface area (Å²) < 4.78 is 29.2. The smallest absolute Gasteiger partial charge is 0.232 e. The third-order valence-corrected chi connectivity index (χ3v) is 7.81. The minimum atomic E-state index is -3.36. The number of fused-ring (bicyclic) bond motifs is 1. The first-order chi connectivity index (χ1) is 16.5.